The van der Waals surface area contributed by atoms with E-state index in [9.17, 15) is 8.78 Å². The van der Waals surface area contributed by atoms with Gasteiger partial charge >= 0.3 is 0 Å². The van der Waals surface area contributed by atoms with Gasteiger partial charge in [-0.3, -0.25) is 0 Å². The summed E-state index contributed by atoms with van der Waals surface area (Å²) in [7, 11) is 0. The van der Waals surface area contributed by atoms with Gasteiger partial charge in [-0.2, -0.15) is 0 Å². The Labute approximate surface area is 92.2 Å². The highest BCUT2D eigenvalue weighted by molar-refractivity contribution is 6.30. The van der Waals surface area contributed by atoms with Crippen molar-refractivity contribution in [3.63, 3.8) is 0 Å². The first-order valence-electron chi connectivity index (χ1n) is 4.84. The molecule has 82 valence electrons. The zero-order valence-electron chi connectivity index (χ0n) is 8.14. The van der Waals surface area contributed by atoms with Crippen molar-refractivity contribution in [2.45, 2.75) is 30.7 Å². The molecule has 0 aromatic heterocycles. The molecule has 0 unspecified atom stereocenters. The Morgan fingerprint density at radius 1 is 1.27 bits per heavy atom. The molecular weight excluding hydrogens is 220 g/mol. The molecule has 0 bridgehead atoms. The van der Waals surface area contributed by atoms with Gasteiger partial charge < -0.3 is 5.73 Å². The summed E-state index contributed by atoms with van der Waals surface area (Å²) < 4.78 is 27.4. The quantitative estimate of drug-likeness (QED) is 0.849. The third-order valence-corrected chi connectivity index (χ3v) is 2.98. The van der Waals surface area contributed by atoms with Crippen LogP contribution in [0.4, 0.5) is 8.78 Å². The third kappa shape index (κ3) is 2.47. The molecular formula is C11H12ClF2N. The van der Waals surface area contributed by atoms with Crippen molar-refractivity contribution in [2.24, 2.45) is 5.73 Å². The van der Waals surface area contributed by atoms with E-state index in [1.807, 2.05) is 0 Å². The van der Waals surface area contributed by atoms with Crippen molar-refractivity contribution in [2.75, 3.05) is 0 Å². The molecule has 0 heterocycles. The highest BCUT2D eigenvalue weighted by atomic mass is 35.5. The van der Waals surface area contributed by atoms with Crippen LogP contribution in [0.3, 0.4) is 0 Å². The Bertz CT molecular complexity index is 357. The van der Waals surface area contributed by atoms with Crippen molar-refractivity contribution < 1.29 is 8.78 Å². The number of rotatable bonds is 3. The van der Waals surface area contributed by atoms with Crippen LogP contribution in [0.1, 0.15) is 24.8 Å². The van der Waals surface area contributed by atoms with Gasteiger partial charge in [0.2, 0.25) is 0 Å². The molecule has 1 aliphatic rings. The summed E-state index contributed by atoms with van der Waals surface area (Å²) in [5.41, 5.74) is 5.03. The monoisotopic (exact) mass is 231 g/mol. The largest absolute Gasteiger partial charge is 0.325 e. The lowest BCUT2D eigenvalue weighted by molar-refractivity contribution is -0.0223. The maximum atomic E-state index is 13.7. The van der Waals surface area contributed by atoms with Crippen molar-refractivity contribution in [1.29, 1.82) is 0 Å². The number of nitrogens with two attached hydrogens (primary N) is 1. The number of hydrogen-bond donors (Lipinski definition) is 1. The first-order chi connectivity index (χ1) is 6.91. The van der Waals surface area contributed by atoms with Gasteiger partial charge in [0.25, 0.3) is 5.92 Å². The Kier molecular flexibility index (Phi) is 2.47. The van der Waals surface area contributed by atoms with Crippen molar-refractivity contribution >= 4 is 11.6 Å². The molecule has 15 heavy (non-hydrogen) atoms. The standard InChI is InChI=1S/C11H12ClF2N/c12-9-3-1-8(2-4-9)11(13,14)7-10(15)5-6-10/h1-4H,5-7,15H2. The summed E-state index contributed by atoms with van der Waals surface area (Å²) in [6.45, 7) is 0. The maximum absolute atomic E-state index is 13.7. The second-order valence-corrected chi connectivity index (χ2v) is 4.69. The molecule has 1 aromatic carbocycles. The van der Waals surface area contributed by atoms with Crippen LogP contribution in [0.15, 0.2) is 24.3 Å². The average molecular weight is 232 g/mol. The molecule has 0 radical (unpaired) electrons. The van der Waals surface area contributed by atoms with Crippen LogP contribution in [-0.4, -0.2) is 5.54 Å². The minimum absolute atomic E-state index is 0.0105. The maximum Gasteiger partial charge on any atom is 0.275 e. The Balaban J connectivity index is 2.17. The van der Waals surface area contributed by atoms with E-state index in [1.54, 1.807) is 0 Å². The fraction of sp³-hybridized carbons (Fsp3) is 0.455. The van der Waals surface area contributed by atoms with Crippen molar-refractivity contribution in [3.05, 3.63) is 34.9 Å². The van der Waals surface area contributed by atoms with Crippen molar-refractivity contribution in [1.82, 2.24) is 0 Å². The Hall–Kier alpha value is -0.670. The summed E-state index contributed by atoms with van der Waals surface area (Å²) in [6.07, 6.45) is 1.11. The number of benzene rings is 1. The van der Waals surface area contributed by atoms with Gasteiger partial charge in [-0.05, 0) is 25.0 Å². The lowest BCUT2D eigenvalue weighted by Crippen LogP contribution is -2.30. The number of hydrogen-bond acceptors (Lipinski definition) is 1. The molecule has 0 atom stereocenters. The molecule has 1 saturated carbocycles. The van der Waals surface area contributed by atoms with Gasteiger partial charge in [0.1, 0.15) is 0 Å². The van der Waals surface area contributed by atoms with E-state index in [0.717, 1.165) is 0 Å². The minimum Gasteiger partial charge on any atom is -0.325 e. The molecule has 1 fully saturated rings. The van der Waals surface area contributed by atoms with Crippen LogP contribution in [0.25, 0.3) is 0 Å². The Morgan fingerprint density at radius 3 is 2.27 bits per heavy atom. The van der Waals surface area contributed by atoms with E-state index < -0.39 is 11.5 Å². The summed E-state index contributed by atoms with van der Waals surface area (Å²) in [6, 6.07) is 5.66. The Morgan fingerprint density at radius 2 is 1.80 bits per heavy atom. The highest BCUT2D eigenvalue weighted by Gasteiger charge is 2.47. The molecule has 0 aliphatic heterocycles. The van der Waals surface area contributed by atoms with E-state index >= 15 is 0 Å². The lowest BCUT2D eigenvalue weighted by Gasteiger charge is -2.20. The lowest BCUT2D eigenvalue weighted by atomic mass is 10.00. The molecule has 1 nitrogen and oxygen atoms in total. The van der Waals surface area contributed by atoms with Gasteiger partial charge in [0, 0.05) is 22.5 Å². The fourth-order valence-corrected chi connectivity index (χ4v) is 1.70. The molecule has 0 amide bonds. The van der Waals surface area contributed by atoms with E-state index in [0.29, 0.717) is 17.9 Å². The van der Waals surface area contributed by atoms with Crippen LogP contribution in [0, 0.1) is 0 Å². The predicted molar refractivity (Wildman–Crippen MR) is 56.1 cm³/mol. The molecule has 2 rings (SSSR count). The first kappa shape index (κ1) is 10.8. The third-order valence-electron chi connectivity index (χ3n) is 2.73. The molecule has 2 N–H and O–H groups in total. The minimum atomic E-state index is -2.85. The van der Waals surface area contributed by atoms with Gasteiger partial charge in [-0.15, -0.1) is 0 Å². The van der Waals surface area contributed by atoms with Crippen LogP contribution in [0.2, 0.25) is 5.02 Å². The van der Waals surface area contributed by atoms with Crippen LogP contribution in [-0.2, 0) is 5.92 Å². The average Bonchev–Trinajstić information content (AvgIpc) is 2.82. The van der Waals surface area contributed by atoms with Gasteiger partial charge in [0.05, 0.1) is 0 Å². The summed E-state index contributed by atoms with van der Waals surface area (Å²) in [5, 5.41) is 0.462. The van der Waals surface area contributed by atoms with E-state index in [1.165, 1.54) is 24.3 Å². The van der Waals surface area contributed by atoms with Crippen LogP contribution >= 0.6 is 11.6 Å². The zero-order chi connectivity index (χ0) is 11.1. The summed E-state index contributed by atoms with van der Waals surface area (Å²) >= 11 is 5.64. The topological polar surface area (TPSA) is 26.0 Å². The SMILES string of the molecule is NC1(CC(F)(F)c2ccc(Cl)cc2)CC1. The first-order valence-corrected chi connectivity index (χ1v) is 5.22. The zero-order valence-corrected chi connectivity index (χ0v) is 8.90. The highest BCUT2D eigenvalue weighted by Crippen LogP contribution is 2.45. The molecule has 1 aliphatic carbocycles. The molecule has 0 spiro atoms. The van der Waals surface area contributed by atoms with E-state index in [-0.39, 0.29) is 12.0 Å². The van der Waals surface area contributed by atoms with Crippen LogP contribution < -0.4 is 5.73 Å². The second kappa shape index (κ2) is 3.42. The second-order valence-electron chi connectivity index (χ2n) is 4.25. The van der Waals surface area contributed by atoms with Gasteiger partial charge in [-0.1, -0.05) is 23.7 Å². The summed E-state index contributed by atoms with van der Waals surface area (Å²) in [4.78, 5) is 0. The molecule has 0 saturated heterocycles. The number of alkyl halides is 2. The van der Waals surface area contributed by atoms with Gasteiger partial charge in [-0.25, -0.2) is 8.78 Å². The van der Waals surface area contributed by atoms with Crippen molar-refractivity contribution in [3.8, 4) is 0 Å². The molecule has 4 heteroatoms. The fourth-order valence-electron chi connectivity index (χ4n) is 1.58. The molecule has 1 aromatic rings. The van der Waals surface area contributed by atoms with E-state index in [2.05, 4.69) is 0 Å². The van der Waals surface area contributed by atoms with Crippen LogP contribution in [0.5, 0.6) is 0 Å². The van der Waals surface area contributed by atoms with E-state index in [4.69, 9.17) is 17.3 Å². The predicted octanol–water partition coefficient (Wildman–Crippen LogP) is 3.31. The normalized spacial score (nSPS) is 18.9. The number of halogens is 3. The van der Waals surface area contributed by atoms with Gasteiger partial charge in [0.15, 0.2) is 0 Å². The smallest absolute Gasteiger partial charge is 0.275 e. The summed E-state index contributed by atoms with van der Waals surface area (Å²) in [5.74, 6) is -2.85.